The Morgan fingerprint density at radius 3 is 2.37 bits per heavy atom. The zero-order chi connectivity index (χ0) is 30.8. The molecule has 1 aromatic heterocycles. The van der Waals surface area contributed by atoms with Gasteiger partial charge in [0, 0.05) is 10.8 Å². The number of benzene rings is 1. The van der Waals surface area contributed by atoms with E-state index in [-0.39, 0.29) is 47.5 Å². The standard InChI is InChI=1S/C30H27BrCl2N2O7S/c1-41-21-10-15(11-22(42-2)24(21)36)5-8-20-17-6-7-18-23(26(38)34(25(18)37)13-16-4-3-9-43-16)19(17)12-29(32)27(39)35(14-31)28(40)30(20,29)33/h3-6,8-11,18-20,23,36H,7,12-14H2,1-2H3. The van der Waals surface area contributed by atoms with E-state index in [1.165, 1.54) is 30.5 Å². The van der Waals surface area contributed by atoms with E-state index in [2.05, 4.69) is 15.9 Å². The van der Waals surface area contributed by atoms with E-state index in [0.717, 1.165) is 9.78 Å². The number of amides is 4. The predicted molar refractivity (Wildman–Crippen MR) is 164 cm³/mol. The fraction of sp³-hybridized carbons (Fsp3) is 0.400. The van der Waals surface area contributed by atoms with Crippen LogP contribution < -0.4 is 9.47 Å². The Bertz CT molecular complexity index is 1570. The van der Waals surface area contributed by atoms with Crippen molar-refractivity contribution in [3.05, 3.63) is 57.8 Å². The van der Waals surface area contributed by atoms with Crippen LogP contribution in [0.15, 0.2) is 47.4 Å². The monoisotopic (exact) mass is 708 g/mol. The number of nitrogens with zero attached hydrogens (tertiary/aromatic N) is 2. The average molecular weight is 710 g/mol. The number of imide groups is 2. The van der Waals surface area contributed by atoms with Crippen LogP contribution in [0, 0.1) is 23.7 Å². The van der Waals surface area contributed by atoms with Gasteiger partial charge in [0.05, 0.1) is 38.1 Å². The molecule has 9 nitrogen and oxygen atoms in total. The molecule has 0 spiro atoms. The molecule has 2 aliphatic heterocycles. The van der Waals surface area contributed by atoms with Crippen LogP contribution in [0.2, 0.25) is 0 Å². The molecule has 4 aliphatic rings. The first-order valence-corrected chi connectivity index (χ1v) is 16.3. The maximum atomic E-state index is 13.9. The van der Waals surface area contributed by atoms with Crippen LogP contribution in [-0.2, 0) is 25.7 Å². The van der Waals surface area contributed by atoms with Crippen molar-refractivity contribution in [2.24, 2.45) is 23.7 Å². The zero-order valence-corrected chi connectivity index (χ0v) is 27.0. The van der Waals surface area contributed by atoms with Gasteiger partial charge < -0.3 is 14.6 Å². The molecule has 2 saturated heterocycles. The van der Waals surface area contributed by atoms with Crippen molar-refractivity contribution in [3.63, 3.8) is 0 Å². The molecule has 3 heterocycles. The number of thiophene rings is 1. The number of phenolic OH excluding ortho intramolecular Hbond substituents is 1. The molecule has 2 aliphatic carbocycles. The highest BCUT2D eigenvalue weighted by Gasteiger charge is 2.75. The highest BCUT2D eigenvalue weighted by Crippen LogP contribution is 2.63. The van der Waals surface area contributed by atoms with Crippen LogP contribution >= 0.6 is 50.5 Å². The molecule has 0 bridgehead atoms. The first-order valence-electron chi connectivity index (χ1n) is 13.5. The number of carbonyl (C=O) groups is 4. The van der Waals surface area contributed by atoms with Crippen molar-refractivity contribution >= 4 is 80.2 Å². The highest BCUT2D eigenvalue weighted by atomic mass is 79.9. The maximum Gasteiger partial charge on any atom is 0.254 e. The van der Waals surface area contributed by atoms with Crippen LogP contribution in [0.5, 0.6) is 17.2 Å². The smallest absolute Gasteiger partial charge is 0.254 e. The number of hydrogen-bond donors (Lipinski definition) is 1. The minimum Gasteiger partial charge on any atom is -0.502 e. The molecule has 1 saturated carbocycles. The molecule has 1 aromatic carbocycles. The van der Waals surface area contributed by atoms with Crippen LogP contribution in [-0.4, -0.2) is 68.0 Å². The van der Waals surface area contributed by atoms with E-state index in [1.807, 2.05) is 23.6 Å². The first kappa shape index (κ1) is 30.2. The molecule has 226 valence electrons. The summed E-state index contributed by atoms with van der Waals surface area (Å²) in [6.07, 6.45) is 5.48. The van der Waals surface area contributed by atoms with Gasteiger partial charge in [0.2, 0.25) is 17.6 Å². The quantitative estimate of drug-likeness (QED) is 0.188. The highest BCUT2D eigenvalue weighted by molar-refractivity contribution is 9.09. The van der Waals surface area contributed by atoms with Crippen molar-refractivity contribution in [1.29, 1.82) is 0 Å². The number of carbonyl (C=O) groups excluding carboxylic acids is 4. The summed E-state index contributed by atoms with van der Waals surface area (Å²) >= 11 is 19.1. The topological polar surface area (TPSA) is 113 Å². The van der Waals surface area contributed by atoms with E-state index in [0.29, 0.717) is 17.6 Å². The number of rotatable bonds is 7. The Labute approximate surface area is 270 Å². The Kier molecular flexibility index (Phi) is 7.68. The number of allylic oxidation sites excluding steroid dienone is 3. The van der Waals surface area contributed by atoms with Gasteiger partial charge in [-0.25, -0.2) is 0 Å². The summed E-state index contributed by atoms with van der Waals surface area (Å²) < 4.78 is 10.6. The van der Waals surface area contributed by atoms with Crippen molar-refractivity contribution in [1.82, 2.24) is 9.80 Å². The number of aromatic hydroxyl groups is 1. The zero-order valence-electron chi connectivity index (χ0n) is 23.1. The molecule has 0 radical (unpaired) electrons. The van der Waals surface area contributed by atoms with Crippen molar-refractivity contribution in [3.8, 4) is 17.2 Å². The lowest BCUT2D eigenvalue weighted by molar-refractivity contribution is -0.141. The van der Waals surface area contributed by atoms with Gasteiger partial charge in [-0.05, 0) is 47.9 Å². The fourth-order valence-electron chi connectivity index (χ4n) is 7.00. The summed E-state index contributed by atoms with van der Waals surface area (Å²) in [6, 6.07) is 6.91. The van der Waals surface area contributed by atoms with Crippen LogP contribution in [0.1, 0.15) is 23.3 Å². The van der Waals surface area contributed by atoms with Crippen LogP contribution in [0.4, 0.5) is 0 Å². The molecule has 6 atom stereocenters. The Balaban J connectivity index is 1.45. The number of alkyl halides is 3. The average Bonchev–Trinajstić information content (AvgIpc) is 3.64. The number of methoxy groups -OCH3 is 2. The lowest BCUT2D eigenvalue weighted by Crippen LogP contribution is -2.60. The summed E-state index contributed by atoms with van der Waals surface area (Å²) in [4.78, 5) is 54.4. The molecule has 6 unspecified atom stereocenters. The molecule has 1 N–H and O–H groups in total. The second-order valence-electron chi connectivity index (χ2n) is 11.0. The summed E-state index contributed by atoms with van der Waals surface area (Å²) in [7, 11) is 2.82. The Hall–Kier alpha value is -2.86. The molecule has 6 rings (SSSR count). The Morgan fingerprint density at radius 1 is 1.07 bits per heavy atom. The lowest BCUT2D eigenvalue weighted by Gasteiger charge is -2.49. The number of hydrogen-bond acceptors (Lipinski definition) is 8. The van der Waals surface area contributed by atoms with E-state index < -0.39 is 45.2 Å². The number of phenols is 1. The number of likely N-dealkylation sites (tertiary alicyclic amines) is 2. The number of halogens is 3. The SMILES string of the molecule is COc1cc(C=CC2C3=CCC4C(=O)N(Cc5cccs5)C(=O)C4C3CC3(Cl)C(=O)N(CBr)C(=O)C23Cl)cc(OC)c1O. The third kappa shape index (κ3) is 4.29. The van der Waals surface area contributed by atoms with Crippen LogP contribution in [0.3, 0.4) is 0 Å². The van der Waals surface area contributed by atoms with E-state index in [1.54, 1.807) is 24.3 Å². The Morgan fingerprint density at radius 2 is 1.77 bits per heavy atom. The van der Waals surface area contributed by atoms with Gasteiger partial charge in [-0.15, -0.1) is 34.5 Å². The third-order valence-electron chi connectivity index (χ3n) is 9.04. The largest absolute Gasteiger partial charge is 0.502 e. The van der Waals surface area contributed by atoms with Gasteiger partial charge >= 0.3 is 0 Å². The molecular weight excluding hydrogens is 683 g/mol. The summed E-state index contributed by atoms with van der Waals surface area (Å²) in [5.74, 6) is -4.52. The van der Waals surface area contributed by atoms with Crippen molar-refractivity contribution in [2.45, 2.75) is 29.1 Å². The fourth-order valence-corrected chi connectivity index (χ4v) is 9.07. The minimum atomic E-state index is -1.89. The second kappa shape index (κ2) is 10.9. The number of ether oxygens (including phenoxy) is 2. The summed E-state index contributed by atoms with van der Waals surface area (Å²) in [6.45, 7) is 0.179. The molecule has 3 fully saturated rings. The van der Waals surface area contributed by atoms with Crippen molar-refractivity contribution in [2.75, 3.05) is 19.7 Å². The van der Waals surface area contributed by atoms with Gasteiger partial charge in [-0.1, -0.05) is 45.8 Å². The molecule has 4 amide bonds. The first-order chi connectivity index (χ1) is 20.5. The molecule has 13 heteroatoms. The molecule has 2 aromatic rings. The third-order valence-corrected chi connectivity index (χ3v) is 11.8. The van der Waals surface area contributed by atoms with E-state index in [4.69, 9.17) is 32.7 Å². The van der Waals surface area contributed by atoms with E-state index in [9.17, 15) is 24.3 Å². The van der Waals surface area contributed by atoms with Gasteiger partial charge in [0.25, 0.3) is 11.8 Å². The molecular formula is C30H27BrCl2N2O7S. The predicted octanol–water partition coefficient (Wildman–Crippen LogP) is 4.93. The normalized spacial score (nSPS) is 31.8. The van der Waals surface area contributed by atoms with Gasteiger partial charge in [-0.2, -0.15) is 0 Å². The van der Waals surface area contributed by atoms with Crippen molar-refractivity contribution < 1.29 is 33.8 Å². The van der Waals surface area contributed by atoms with E-state index >= 15 is 0 Å². The van der Waals surface area contributed by atoms with Gasteiger partial charge in [0.1, 0.15) is 0 Å². The minimum absolute atomic E-state index is 0.0732. The van der Waals surface area contributed by atoms with Crippen LogP contribution in [0.25, 0.3) is 6.08 Å². The van der Waals surface area contributed by atoms with Gasteiger partial charge in [0.15, 0.2) is 21.2 Å². The summed E-state index contributed by atoms with van der Waals surface area (Å²) in [5, 5.41) is 12.3. The second-order valence-corrected chi connectivity index (χ2v) is 13.8. The maximum absolute atomic E-state index is 13.9. The molecule has 43 heavy (non-hydrogen) atoms. The number of fused-ring (bicyclic) bond motifs is 4. The lowest BCUT2D eigenvalue weighted by atomic mass is 9.57. The van der Waals surface area contributed by atoms with Gasteiger partial charge in [-0.3, -0.25) is 29.0 Å². The summed E-state index contributed by atoms with van der Waals surface area (Å²) in [5.41, 5.74) is 1.16.